The Morgan fingerprint density at radius 2 is 2.55 bits per heavy atom. The summed E-state index contributed by atoms with van der Waals surface area (Å²) in [5, 5.41) is 0. The summed E-state index contributed by atoms with van der Waals surface area (Å²) < 4.78 is 10.3. The van der Waals surface area contributed by atoms with Gasteiger partial charge in [0.25, 0.3) is 0 Å². The molecule has 0 N–H and O–H groups in total. The molecule has 0 saturated heterocycles. The Bertz CT molecular complexity index is 242. The maximum atomic E-state index is 10.6. The Morgan fingerprint density at radius 3 is 3.18 bits per heavy atom. The van der Waals surface area contributed by atoms with Gasteiger partial charge in [0.15, 0.2) is 13.1 Å². The number of ether oxygens (including phenoxy) is 2. The molecule has 2 heterocycles. The van der Waals surface area contributed by atoms with Crippen LogP contribution in [-0.4, -0.2) is 18.7 Å². The van der Waals surface area contributed by atoms with Gasteiger partial charge in [0.1, 0.15) is 11.4 Å². The van der Waals surface area contributed by atoms with E-state index in [4.69, 9.17) is 9.47 Å². The molecule has 3 nitrogen and oxygen atoms in total. The van der Waals surface area contributed by atoms with Crippen molar-refractivity contribution in [1.29, 1.82) is 0 Å². The predicted octanol–water partition coefficient (Wildman–Crippen LogP) is 0.772. The molecular weight excluding hydrogens is 144 g/mol. The zero-order chi connectivity index (χ0) is 7.73. The maximum absolute atomic E-state index is 10.6. The van der Waals surface area contributed by atoms with E-state index < -0.39 is 5.60 Å². The summed E-state index contributed by atoms with van der Waals surface area (Å²) in [6.07, 6.45) is 6.77. The molecule has 3 aliphatic rings. The number of aldehydes is 1. The van der Waals surface area contributed by atoms with Crippen molar-refractivity contribution in [3.8, 4) is 0 Å². The number of hydrogen-bond donors (Lipinski definition) is 0. The summed E-state index contributed by atoms with van der Waals surface area (Å²) in [7, 11) is 0. The first-order valence-electron chi connectivity index (χ1n) is 3.47. The van der Waals surface area contributed by atoms with Crippen molar-refractivity contribution in [3.05, 3.63) is 24.0 Å². The van der Waals surface area contributed by atoms with Gasteiger partial charge in [-0.15, -0.1) is 0 Å². The number of rotatable bonds is 1. The highest BCUT2D eigenvalue weighted by Crippen LogP contribution is 2.27. The van der Waals surface area contributed by atoms with Gasteiger partial charge in [-0.05, 0) is 18.2 Å². The summed E-state index contributed by atoms with van der Waals surface area (Å²) in [5.41, 5.74) is -0.750. The fourth-order valence-electron chi connectivity index (χ4n) is 1.16. The molecule has 11 heavy (non-hydrogen) atoms. The first-order valence-corrected chi connectivity index (χ1v) is 3.47. The summed E-state index contributed by atoms with van der Waals surface area (Å²) >= 11 is 0. The Hall–Kier alpha value is -1.09. The first kappa shape index (κ1) is 6.61. The lowest BCUT2D eigenvalue weighted by Crippen LogP contribution is -2.31. The van der Waals surface area contributed by atoms with E-state index in [0.29, 0.717) is 6.42 Å². The second kappa shape index (κ2) is 2.20. The molecule has 0 aromatic carbocycles. The third-order valence-electron chi connectivity index (χ3n) is 1.90. The molecule has 2 bridgehead atoms. The molecule has 2 aliphatic heterocycles. The van der Waals surface area contributed by atoms with Crippen LogP contribution < -0.4 is 0 Å². The van der Waals surface area contributed by atoms with Crippen molar-refractivity contribution in [2.24, 2.45) is 0 Å². The molecule has 1 aliphatic carbocycles. The average Bonchev–Trinajstić information content (AvgIpc) is 2.37. The van der Waals surface area contributed by atoms with Crippen LogP contribution in [-0.2, 0) is 14.3 Å². The normalized spacial score (nSPS) is 34.0. The van der Waals surface area contributed by atoms with E-state index in [0.717, 1.165) is 12.0 Å². The van der Waals surface area contributed by atoms with Crippen molar-refractivity contribution in [1.82, 2.24) is 0 Å². The van der Waals surface area contributed by atoms with Gasteiger partial charge in [-0.2, -0.15) is 0 Å². The molecular formula is C8H8O3. The number of carbonyl (C=O) groups excluding carboxylic acids is 1. The molecule has 1 atom stereocenters. The highest BCUT2D eigenvalue weighted by atomic mass is 16.7. The fourth-order valence-corrected chi connectivity index (χ4v) is 1.16. The van der Waals surface area contributed by atoms with Crippen LogP contribution >= 0.6 is 0 Å². The second-order valence-electron chi connectivity index (χ2n) is 2.62. The van der Waals surface area contributed by atoms with Gasteiger partial charge >= 0.3 is 0 Å². The largest absolute Gasteiger partial charge is 0.468 e. The van der Waals surface area contributed by atoms with Crippen molar-refractivity contribution < 1.29 is 14.3 Å². The van der Waals surface area contributed by atoms with Crippen LogP contribution in [0.15, 0.2) is 24.0 Å². The van der Waals surface area contributed by atoms with Gasteiger partial charge in [-0.25, -0.2) is 0 Å². The van der Waals surface area contributed by atoms with Gasteiger partial charge in [0, 0.05) is 6.42 Å². The van der Waals surface area contributed by atoms with E-state index in [2.05, 4.69) is 0 Å². The highest BCUT2D eigenvalue weighted by molar-refractivity contribution is 5.68. The smallest absolute Gasteiger partial charge is 0.190 e. The standard InChI is InChI=1S/C8H8O3/c9-5-8-3-1-7(2-4-8)10-6-11-8/h1-3,5H,4,6H2. The van der Waals surface area contributed by atoms with Crippen LogP contribution in [0, 0.1) is 0 Å². The van der Waals surface area contributed by atoms with Crippen molar-refractivity contribution >= 4 is 6.29 Å². The van der Waals surface area contributed by atoms with Gasteiger partial charge in [0.2, 0.25) is 0 Å². The zero-order valence-corrected chi connectivity index (χ0v) is 5.95. The zero-order valence-electron chi connectivity index (χ0n) is 5.95. The Labute approximate surface area is 64.3 Å². The Kier molecular flexibility index (Phi) is 1.32. The highest BCUT2D eigenvalue weighted by Gasteiger charge is 2.31. The van der Waals surface area contributed by atoms with Gasteiger partial charge in [-0.1, -0.05) is 0 Å². The summed E-state index contributed by atoms with van der Waals surface area (Å²) in [4.78, 5) is 10.6. The summed E-state index contributed by atoms with van der Waals surface area (Å²) in [6.45, 7) is 0.164. The van der Waals surface area contributed by atoms with Crippen LogP contribution in [0.1, 0.15) is 6.42 Å². The van der Waals surface area contributed by atoms with Crippen molar-refractivity contribution in [3.63, 3.8) is 0 Å². The predicted molar refractivity (Wildman–Crippen MR) is 37.7 cm³/mol. The van der Waals surface area contributed by atoms with Crippen LogP contribution in [0.5, 0.6) is 0 Å². The van der Waals surface area contributed by atoms with Crippen LogP contribution in [0.3, 0.4) is 0 Å². The van der Waals surface area contributed by atoms with E-state index in [1.165, 1.54) is 0 Å². The molecule has 3 heteroatoms. The fraction of sp³-hybridized carbons (Fsp3) is 0.375. The second-order valence-corrected chi connectivity index (χ2v) is 2.62. The molecule has 1 unspecified atom stereocenters. The van der Waals surface area contributed by atoms with E-state index in [1.54, 1.807) is 12.2 Å². The molecule has 0 fully saturated rings. The lowest BCUT2D eigenvalue weighted by atomic mass is 9.97. The number of carbonyl (C=O) groups is 1. The van der Waals surface area contributed by atoms with Crippen molar-refractivity contribution in [2.75, 3.05) is 6.79 Å². The quantitative estimate of drug-likeness (QED) is 0.520. The Morgan fingerprint density at radius 1 is 1.64 bits per heavy atom. The number of hydrogen-bond acceptors (Lipinski definition) is 3. The lowest BCUT2D eigenvalue weighted by Gasteiger charge is -2.20. The van der Waals surface area contributed by atoms with Crippen LogP contribution in [0.25, 0.3) is 0 Å². The monoisotopic (exact) mass is 152 g/mol. The maximum Gasteiger partial charge on any atom is 0.190 e. The molecule has 58 valence electrons. The van der Waals surface area contributed by atoms with Gasteiger partial charge in [0.05, 0.1) is 0 Å². The molecule has 0 spiro atoms. The van der Waals surface area contributed by atoms with E-state index >= 15 is 0 Å². The Balaban J connectivity index is 2.34. The van der Waals surface area contributed by atoms with Crippen LogP contribution in [0.2, 0.25) is 0 Å². The van der Waals surface area contributed by atoms with Gasteiger partial charge < -0.3 is 9.47 Å². The molecule has 0 radical (unpaired) electrons. The minimum atomic E-state index is -0.750. The lowest BCUT2D eigenvalue weighted by molar-refractivity contribution is -0.134. The number of allylic oxidation sites excluding steroid dienone is 1. The average molecular weight is 152 g/mol. The SMILES string of the molecule is O=CC12C=CC(=CC1)OCO2. The topological polar surface area (TPSA) is 35.5 Å². The minimum absolute atomic E-state index is 0.164. The molecule has 3 rings (SSSR count). The molecule has 0 saturated carbocycles. The summed E-state index contributed by atoms with van der Waals surface area (Å²) in [5.74, 6) is 0.792. The molecule has 0 aromatic rings. The molecule has 0 aromatic heterocycles. The van der Waals surface area contributed by atoms with E-state index in [-0.39, 0.29) is 6.79 Å². The third-order valence-corrected chi connectivity index (χ3v) is 1.90. The number of fused-ring (bicyclic) bond motifs is 3. The van der Waals surface area contributed by atoms with E-state index in [9.17, 15) is 4.79 Å². The summed E-state index contributed by atoms with van der Waals surface area (Å²) in [6, 6.07) is 0. The van der Waals surface area contributed by atoms with Crippen LogP contribution in [0.4, 0.5) is 0 Å². The van der Waals surface area contributed by atoms with Crippen molar-refractivity contribution in [2.45, 2.75) is 12.0 Å². The van der Waals surface area contributed by atoms with E-state index in [1.807, 2.05) is 6.08 Å². The van der Waals surface area contributed by atoms with Gasteiger partial charge in [-0.3, -0.25) is 4.79 Å². The third kappa shape index (κ3) is 0.973. The first-order chi connectivity index (χ1) is 5.35. The molecule has 0 amide bonds. The minimum Gasteiger partial charge on any atom is -0.468 e.